The minimum atomic E-state index is -3.05. The van der Waals surface area contributed by atoms with Gasteiger partial charge in [-0.15, -0.1) is 0 Å². The summed E-state index contributed by atoms with van der Waals surface area (Å²) in [6.45, 7) is 8.14. The van der Waals surface area contributed by atoms with Crippen LogP contribution in [0.1, 0.15) is 40.0 Å². The van der Waals surface area contributed by atoms with Crippen LogP contribution in [-0.2, 0) is 14.6 Å². The van der Waals surface area contributed by atoms with E-state index in [9.17, 15) is 13.2 Å². The lowest BCUT2D eigenvalue weighted by Gasteiger charge is -2.26. The molecule has 8 heteroatoms. The van der Waals surface area contributed by atoms with Crippen molar-refractivity contribution in [1.29, 1.82) is 0 Å². The van der Waals surface area contributed by atoms with Crippen molar-refractivity contribution in [1.82, 2.24) is 0 Å². The van der Waals surface area contributed by atoms with Crippen molar-refractivity contribution >= 4 is 44.0 Å². The number of benzene rings is 1. The maximum absolute atomic E-state index is 12.3. The van der Waals surface area contributed by atoms with E-state index < -0.39 is 9.84 Å². The summed E-state index contributed by atoms with van der Waals surface area (Å²) in [5.41, 5.74) is 2.03. The van der Waals surface area contributed by atoms with Crippen LogP contribution < -0.4 is 9.80 Å². The molecule has 0 aliphatic carbocycles. The maximum Gasteiger partial charge on any atom is 0.248 e. The number of carbonyl (C=O) groups excluding carboxylic acids is 1. The van der Waals surface area contributed by atoms with Crippen LogP contribution in [0.4, 0.5) is 11.4 Å². The van der Waals surface area contributed by atoms with Gasteiger partial charge in [-0.3, -0.25) is 4.79 Å². The van der Waals surface area contributed by atoms with Crippen LogP contribution >= 0.6 is 11.8 Å². The first-order chi connectivity index (χ1) is 13.4. The van der Waals surface area contributed by atoms with Gasteiger partial charge in [-0.05, 0) is 44.5 Å². The first-order valence-electron chi connectivity index (χ1n) is 10.0. The van der Waals surface area contributed by atoms with E-state index in [1.165, 1.54) is 11.8 Å². The predicted molar refractivity (Wildman–Crippen MR) is 118 cm³/mol. The van der Waals surface area contributed by atoms with Crippen LogP contribution in [0.25, 0.3) is 0 Å². The fourth-order valence-electron chi connectivity index (χ4n) is 3.77. The summed E-state index contributed by atoms with van der Waals surface area (Å²) in [6.07, 6.45) is 2.20. The smallest absolute Gasteiger partial charge is 0.248 e. The van der Waals surface area contributed by atoms with Crippen molar-refractivity contribution in [2.24, 2.45) is 4.99 Å². The van der Waals surface area contributed by atoms with Crippen molar-refractivity contribution in [3.05, 3.63) is 24.3 Å². The van der Waals surface area contributed by atoms with E-state index in [1.54, 1.807) is 0 Å². The summed E-state index contributed by atoms with van der Waals surface area (Å²) in [6, 6.07) is 7.97. The molecular formula is C20H29N3O3S2. The van der Waals surface area contributed by atoms with E-state index in [0.717, 1.165) is 37.3 Å². The normalized spacial score (nSPS) is 24.5. The molecule has 6 nitrogen and oxygen atoms in total. The van der Waals surface area contributed by atoms with Gasteiger partial charge in [0, 0.05) is 36.1 Å². The van der Waals surface area contributed by atoms with E-state index in [4.69, 9.17) is 0 Å². The lowest BCUT2D eigenvalue weighted by Crippen LogP contribution is -2.37. The molecule has 0 N–H and O–H groups in total. The Kier molecular flexibility index (Phi) is 6.70. The van der Waals surface area contributed by atoms with Gasteiger partial charge in [0.05, 0.1) is 17.5 Å². The SMILES string of the molecule is CCCCC(=O)N=C1S[C@@H]2CS(=O)(=O)C[C@H]2N1c1ccc(N(CC)CC)cc1. The standard InChI is InChI=1S/C20H29N3O3S2/c1-4-7-8-19(24)21-20-23(17-13-28(25,26)14-18(17)27-20)16-11-9-15(10-12-16)22(5-2)6-3/h9-12,17-18H,4-8,13-14H2,1-3H3/t17-,18-/m1/s1. The van der Waals surface area contributed by atoms with Crippen LogP contribution in [0.5, 0.6) is 0 Å². The maximum atomic E-state index is 12.3. The molecule has 28 heavy (non-hydrogen) atoms. The summed E-state index contributed by atoms with van der Waals surface area (Å²) in [4.78, 5) is 20.8. The highest BCUT2D eigenvalue weighted by Crippen LogP contribution is 2.41. The van der Waals surface area contributed by atoms with Crippen LogP contribution in [0.2, 0.25) is 0 Å². The van der Waals surface area contributed by atoms with Crippen LogP contribution in [0, 0.1) is 0 Å². The van der Waals surface area contributed by atoms with E-state index in [2.05, 4.69) is 35.9 Å². The zero-order valence-corrected chi connectivity index (χ0v) is 18.4. The van der Waals surface area contributed by atoms with E-state index in [1.807, 2.05) is 24.0 Å². The largest absolute Gasteiger partial charge is 0.372 e. The number of aliphatic imine (C=N–C) groups is 1. The van der Waals surface area contributed by atoms with Gasteiger partial charge in [-0.25, -0.2) is 8.42 Å². The molecule has 3 rings (SSSR count). The Hall–Kier alpha value is -1.54. The number of carbonyl (C=O) groups is 1. The number of nitrogens with zero attached hydrogens (tertiary/aromatic N) is 3. The van der Waals surface area contributed by atoms with Crippen LogP contribution in [-0.4, -0.2) is 55.4 Å². The molecule has 0 radical (unpaired) electrons. The first-order valence-corrected chi connectivity index (χ1v) is 12.7. The fraction of sp³-hybridized carbons (Fsp3) is 0.600. The molecule has 2 fully saturated rings. The number of fused-ring (bicyclic) bond motifs is 1. The summed E-state index contributed by atoms with van der Waals surface area (Å²) in [5.74, 6) is 0.139. The predicted octanol–water partition coefficient (Wildman–Crippen LogP) is 3.32. The van der Waals surface area contributed by atoms with Gasteiger partial charge in [-0.1, -0.05) is 25.1 Å². The summed E-state index contributed by atoms with van der Waals surface area (Å²) >= 11 is 1.43. The third-order valence-corrected chi connectivity index (χ3v) is 8.50. The fourth-order valence-corrected chi connectivity index (χ4v) is 7.70. The number of anilines is 2. The number of unbranched alkanes of at least 4 members (excludes halogenated alkanes) is 1. The average molecular weight is 424 g/mol. The third kappa shape index (κ3) is 4.54. The van der Waals surface area contributed by atoms with Crippen molar-refractivity contribution < 1.29 is 13.2 Å². The Morgan fingerprint density at radius 1 is 1.18 bits per heavy atom. The Bertz CT molecular complexity index is 833. The second-order valence-corrected chi connectivity index (χ2v) is 10.6. The number of rotatable bonds is 7. The van der Waals surface area contributed by atoms with Crippen molar-refractivity contribution in [2.75, 3.05) is 34.4 Å². The molecule has 0 unspecified atom stereocenters. The number of amidine groups is 1. The molecule has 0 spiro atoms. The van der Waals surface area contributed by atoms with Gasteiger partial charge in [0.1, 0.15) is 0 Å². The minimum absolute atomic E-state index is 0.0646. The molecule has 0 saturated carbocycles. The van der Waals surface area contributed by atoms with Crippen molar-refractivity contribution in [2.45, 2.75) is 51.3 Å². The minimum Gasteiger partial charge on any atom is -0.372 e. The Morgan fingerprint density at radius 2 is 1.86 bits per heavy atom. The van der Waals surface area contributed by atoms with Gasteiger partial charge in [0.15, 0.2) is 15.0 Å². The van der Waals surface area contributed by atoms with Gasteiger partial charge in [0.2, 0.25) is 5.91 Å². The highest BCUT2D eigenvalue weighted by atomic mass is 32.2. The van der Waals surface area contributed by atoms with Crippen LogP contribution in [0.15, 0.2) is 29.3 Å². The van der Waals surface area contributed by atoms with Gasteiger partial charge >= 0.3 is 0 Å². The Labute approximate surface area is 172 Å². The number of hydrogen-bond acceptors (Lipinski definition) is 5. The van der Waals surface area contributed by atoms with Crippen LogP contribution in [0.3, 0.4) is 0 Å². The second kappa shape index (κ2) is 8.86. The number of amides is 1. The second-order valence-electron chi connectivity index (χ2n) is 7.25. The zero-order valence-electron chi connectivity index (χ0n) is 16.8. The monoisotopic (exact) mass is 423 g/mol. The Balaban J connectivity index is 1.90. The molecule has 1 aromatic rings. The highest BCUT2D eigenvalue weighted by Gasteiger charge is 2.49. The molecule has 2 saturated heterocycles. The third-order valence-electron chi connectivity index (χ3n) is 5.29. The molecule has 2 atom stereocenters. The summed E-state index contributed by atoms with van der Waals surface area (Å²) in [7, 11) is -3.05. The lowest BCUT2D eigenvalue weighted by molar-refractivity contribution is -0.117. The van der Waals surface area contributed by atoms with Gasteiger partial charge in [-0.2, -0.15) is 4.99 Å². The average Bonchev–Trinajstić information content (AvgIpc) is 3.12. The van der Waals surface area contributed by atoms with Gasteiger partial charge in [0.25, 0.3) is 0 Å². The van der Waals surface area contributed by atoms with E-state index in [0.29, 0.717) is 11.6 Å². The molecule has 154 valence electrons. The molecule has 1 aromatic carbocycles. The topological polar surface area (TPSA) is 70.0 Å². The number of sulfone groups is 1. The van der Waals surface area contributed by atoms with Gasteiger partial charge < -0.3 is 9.80 Å². The molecule has 2 heterocycles. The molecule has 1 amide bonds. The quantitative estimate of drug-likeness (QED) is 0.670. The molecule has 0 bridgehead atoms. The molecule has 2 aliphatic heterocycles. The van der Waals surface area contributed by atoms with E-state index >= 15 is 0 Å². The zero-order chi connectivity index (χ0) is 20.3. The highest BCUT2D eigenvalue weighted by molar-refractivity contribution is 8.16. The first kappa shape index (κ1) is 21.2. The molecular weight excluding hydrogens is 394 g/mol. The molecule has 0 aromatic heterocycles. The lowest BCUT2D eigenvalue weighted by atomic mass is 10.2. The van der Waals surface area contributed by atoms with Crippen molar-refractivity contribution in [3.63, 3.8) is 0 Å². The van der Waals surface area contributed by atoms with E-state index in [-0.39, 0.29) is 28.7 Å². The summed E-state index contributed by atoms with van der Waals surface area (Å²) in [5, 5.41) is 0.576. The van der Waals surface area contributed by atoms with Crippen molar-refractivity contribution in [3.8, 4) is 0 Å². The summed E-state index contributed by atoms with van der Waals surface area (Å²) < 4.78 is 24.3. The number of thioether (sulfide) groups is 1. The Morgan fingerprint density at radius 3 is 2.46 bits per heavy atom. The number of hydrogen-bond donors (Lipinski definition) is 0. The molecule has 2 aliphatic rings.